The summed E-state index contributed by atoms with van der Waals surface area (Å²) in [5.74, 6) is 0.986. The molecule has 0 atom stereocenters. The Kier molecular flexibility index (Phi) is 3.20. The SMILES string of the molecule is O=c1[nH]c(-c2ccco2)nc(-c2ccccc2)c1I. The molecule has 3 rings (SSSR count). The summed E-state index contributed by atoms with van der Waals surface area (Å²) >= 11 is 2.01. The summed E-state index contributed by atoms with van der Waals surface area (Å²) in [4.78, 5) is 19.2. The number of aromatic amines is 1. The predicted octanol–water partition coefficient (Wildman–Crippen LogP) is 3.30. The Morgan fingerprint density at radius 3 is 2.58 bits per heavy atom. The molecule has 2 aromatic heterocycles. The van der Waals surface area contributed by atoms with Crippen molar-refractivity contribution in [3.63, 3.8) is 0 Å². The molecule has 1 aromatic carbocycles. The Morgan fingerprint density at radius 2 is 1.89 bits per heavy atom. The molecule has 0 bridgehead atoms. The lowest BCUT2D eigenvalue weighted by molar-refractivity contribution is 0.577. The van der Waals surface area contributed by atoms with Crippen LogP contribution in [0.25, 0.3) is 22.8 Å². The van der Waals surface area contributed by atoms with E-state index < -0.39 is 0 Å². The van der Waals surface area contributed by atoms with E-state index >= 15 is 0 Å². The van der Waals surface area contributed by atoms with Gasteiger partial charge in [-0.1, -0.05) is 30.3 Å². The molecule has 0 saturated carbocycles. The smallest absolute Gasteiger partial charge is 0.265 e. The molecule has 5 heteroatoms. The van der Waals surface area contributed by atoms with Gasteiger partial charge in [-0.3, -0.25) is 4.79 Å². The van der Waals surface area contributed by atoms with Crippen molar-refractivity contribution in [2.75, 3.05) is 0 Å². The van der Waals surface area contributed by atoms with E-state index in [2.05, 4.69) is 9.97 Å². The van der Waals surface area contributed by atoms with Gasteiger partial charge in [-0.15, -0.1) is 0 Å². The lowest BCUT2D eigenvalue weighted by atomic mass is 10.1. The Labute approximate surface area is 122 Å². The van der Waals surface area contributed by atoms with Crippen molar-refractivity contribution in [2.24, 2.45) is 0 Å². The maximum Gasteiger partial charge on any atom is 0.265 e. The monoisotopic (exact) mass is 364 g/mol. The summed E-state index contributed by atoms with van der Waals surface area (Å²) < 4.78 is 5.84. The number of hydrogen-bond acceptors (Lipinski definition) is 3. The standard InChI is InChI=1S/C14H9IN2O2/c15-11-12(9-5-2-1-3-6-9)16-13(17-14(11)18)10-7-4-8-19-10/h1-8H,(H,16,17,18). The highest BCUT2D eigenvalue weighted by Crippen LogP contribution is 2.23. The zero-order chi connectivity index (χ0) is 13.2. The highest BCUT2D eigenvalue weighted by Gasteiger charge is 2.13. The Morgan fingerprint density at radius 1 is 1.11 bits per heavy atom. The van der Waals surface area contributed by atoms with E-state index in [1.807, 2.05) is 52.9 Å². The number of nitrogens with one attached hydrogen (secondary N) is 1. The summed E-state index contributed by atoms with van der Waals surface area (Å²) in [7, 11) is 0. The minimum Gasteiger partial charge on any atom is -0.461 e. The van der Waals surface area contributed by atoms with Crippen LogP contribution in [-0.4, -0.2) is 9.97 Å². The van der Waals surface area contributed by atoms with Crippen LogP contribution in [0.1, 0.15) is 0 Å². The second-order valence-electron chi connectivity index (χ2n) is 3.92. The van der Waals surface area contributed by atoms with Crippen LogP contribution in [0.3, 0.4) is 0 Å². The maximum absolute atomic E-state index is 12.0. The van der Waals surface area contributed by atoms with Gasteiger partial charge in [0.1, 0.15) is 3.57 Å². The lowest BCUT2D eigenvalue weighted by Crippen LogP contribution is -2.14. The molecule has 0 aliphatic carbocycles. The van der Waals surface area contributed by atoms with Gasteiger partial charge >= 0.3 is 0 Å². The van der Waals surface area contributed by atoms with Crippen molar-refractivity contribution in [3.8, 4) is 22.8 Å². The van der Waals surface area contributed by atoms with Gasteiger partial charge in [0.15, 0.2) is 11.6 Å². The van der Waals surface area contributed by atoms with E-state index in [4.69, 9.17) is 4.42 Å². The fourth-order valence-electron chi connectivity index (χ4n) is 1.78. The van der Waals surface area contributed by atoms with Crippen LogP contribution in [-0.2, 0) is 0 Å². The van der Waals surface area contributed by atoms with Gasteiger partial charge in [0.2, 0.25) is 0 Å². The third-order valence-corrected chi connectivity index (χ3v) is 3.67. The average molecular weight is 364 g/mol. The van der Waals surface area contributed by atoms with E-state index in [0.29, 0.717) is 20.8 Å². The van der Waals surface area contributed by atoms with Crippen molar-refractivity contribution in [3.05, 3.63) is 62.7 Å². The van der Waals surface area contributed by atoms with Crippen molar-refractivity contribution >= 4 is 22.6 Å². The fraction of sp³-hybridized carbons (Fsp3) is 0. The molecular formula is C14H9IN2O2. The summed E-state index contributed by atoms with van der Waals surface area (Å²) in [6.07, 6.45) is 1.55. The van der Waals surface area contributed by atoms with Gasteiger partial charge in [0.25, 0.3) is 5.56 Å². The van der Waals surface area contributed by atoms with Crippen LogP contribution in [0.5, 0.6) is 0 Å². The Bertz CT molecular complexity index is 749. The quantitative estimate of drug-likeness (QED) is 0.710. The number of aromatic nitrogens is 2. The van der Waals surface area contributed by atoms with Crippen LogP contribution < -0.4 is 5.56 Å². The molecule has 0 spiro atoms. The number of furan rings is 1. The molecule has 2 heterocycles. The topological polar surface area (TPSA) is 58.9 Å². The Balaban J connectivity index is 2.23. The maximum atomic E-state index is 12.0. The van der Waals surface area contributed by atoms with Gasteiger partial charge in [0, 0.05) is 5.56 Å². The minimum atomic E-state index is -0.166. The molecule has 0 saturated heterocycles. The van der Waals surface area contributed by atoms with Crippen LogP contribution in [0.15, 0.2) is 57.9 Å². The van der Waals surface area contributed by atoms with Crippen molar-refractivity contribution in [1.82, 2.24) is 9.97 Å². The van der Waals surface area contributed by atoms with E-state index in [9.17, 15) is 4.79 Å². The normalized spacial score (nSPS) is 10.6. The first kappa shape index (κ1) is 12.2. The third kappa shape index (κ3) is 2.33. The second-order valence-corrected chi connectivity index (χ2v) is 5.00. The molecule has 4 nitrogen and oxygen atoms in total. The van der Waals surface area contributed by atoms with Crippen molar-refractivity contribution < 1.29 is 4.42 Å². The number of nitrogens with zero attached hydrogens (tertiary/aromatic N) is 1. The van der Waals surface area contributed by atoms with E-state index in [1.54, 1.807) is 18.4 Å². The molecule has 0 radical (unpaired) electrons. The Hall–Kier alpha value is -1.89. The highest BCUT2D eigenvalue weighted by molar-refractivity contribution is 14.1. The zero-order valence-electron chi connectivity index (χ0n) is 9.76. The van der Waals surface area contributed by atoms with Gasteiger partial charge in [-0.25, -0.2) is 4.98 Å². The van der Waals surface area contributed by atoms with E-state index in [-0.39, 0.29) is 5.56 Å². The summed E-state index contributed by atoms with van der Waals surface area (Å²) in [6.45, 7) is 0. The predicted molar refractivity (Wildman–Crippen MR) is 80.7 cm³/mol. The first-order chi connectivity index (χ1) is 9.25. The molecule has 3 aromatic rings. The number of rotatable bonds is 2. The number of halogens is 1. The van der Waals surface area contributed by atoms with Gasteiger partial charge in [-0.2, -0.15) is 0 Å². The molecule has 19 heavy (non-hydrogen) atoms. The summed E-state index contributed by atoms with van der Waals surface area (Å²) in [5.41, 5.74) is 1.41. The molecule has 0 aliphatic rings. The summed E-state index contributed by atoms with van der Waals surface area (Å²) in [5, 5.41) is 0. The minimum absolute atomic E-state index is 0.166. The van der Waals surface area contributed by atoms with Crippen LogP contribution in [0.4, 0.5) is 0 Å². The lowest BCUT2D eigenvalue weighted by Gasteiger charge is -2.05. The molecule has 94 valence electrons. The van der Waals surface area contributed by atoms with Gasteiger partial charge < -0.3 is 9.40 Å². The van der Waals surface area contributed by atoms with Crippen molar-refractivity contribution in [2.45, 2.75) is 0 Å². The summed E-state index contributed by atoms with van der Waals surface area (Å²) in [6, 6.07) is 13.1. The molecule has 0 amide bonds. The zero-order valence-corrected chi connectivity index (χ0v) is 11.9. The van der Waals surface area contributed by atoms with Crippen molar-refractivity contribution in [1.29, 1.82) is 0 Å². The highest BCUT2D eigenvalue weighted by atomic mass is 127. The molecule has 1 N–H and O–H groups in total. The first-order valence-electron chi connectivity index (χ1n) is 5.65. The number of H-pyrrole nitrogens is 1. The van der Waals surface area contributed by atoms with Gasteiger partial charge in [-0.05, 0) is 34.7 Å². The third-order valence-electron chi connectivity index (χ3n) is 2.66. The van der Waals surface area contributed by atoms with Crippen LogP contribution in [0.2, 0.25) is 0 Å². The van der Waals surface area contributed by atoms with Crippen LogP contribution in [0, 0.1) is 3.57 Å². The average Bonchev–Trinajstić information content (AvgIpc) is 2.97. The number of hydrogen-bond donors (Lipinski definition) is 1. The first-order valence-corrected chi connectivity index (χ1v) is 6.72. The van der Waals surface area contributed by atoms with E-state index in [1.165, 1.54) is 0 Å². The molecule has 0 unspecified atom stereocenters. The molecule has 0 fully saturated rings. The molecular weight excluding hydrogens is 355 g/mol. The van der Waals surface area contributed by atoms with Crippen LogP contribution >= 0.6 is 22.6 Å². The second kappa shape index (κ2) is 5.00. The van der Waals surface area contributed by atoms with E-state index in [0.717, 1.165) is 5.56 Å². The number of benzene rings is 1. The fourth-order valence-corrected chi connectivity index (χ4v) is 2.34. The largest absolute Gasteiger partial charge is 0.461 e. The molecule has 0 aliphatic heterocycles. The van der Waals surface area contributed by atoms with Gasteiger partial charge in [0.05, 0.1) is 12.0 Å².